The first-order chi connectivity index (χ1) is 11.7. The number of carbonyl (C=O) groups excluding carboxylic acids is 1. The maximum absolute atomic E-state index is 11.8. The Morgan fingerprint density at radius 3 is 1.12 bits per heavy atom. The standard InChI is InChI=1S/C13H10O.2C4H10O/c14-13(11-7-3-1-4-8-11)12-9-5-2-6-10-12;2*1-3-5-4-2/h1-10H;2*3-4H2,1-2H3. The lowest BCUT2D eigenvalue weighted by molar-refractivity contribution is 0.103. The van der Waals surface area contributed by atoms with Gasteiger partial charge in [-0.2, -0.15) is 0 Å². The summed E-state index contributed by atoms with van der Waals surface area (Å²) in [6, 6.07) is 18.6. The highest BCUT2D eigenvalue weighted by molar-refractivity contribution is 6.08. The average Bonchev–Trinajstić information content (AvgIpc) is 2.65. The maximum atomic E-state index is 11.8. The summed E-state index contributed by atoms with van der Waals surface area (Å²) >= 11 is 0. The second-order valence-electron chi connectivity index (χ2n) is 4.62. The maximum Gasteiger partial charge on any atom is 0.193 e. The van der Waals surface area contributed by atoms with Crippen molar-refractivity contribution in [3.05, 3.63) is 71.8 Å². The summed E-state index contributed by atoms with van der Waals surface area (Å²) in [6.45, 7) is 11.3. The molecule has 0 heterocycles. The van der Waals surface area contributed by atoms with Crippen LogP contribution in [0.15, 0.2) is 60.7 Å². The Balaban J connectivity index is 0.000000442. The third-order valence-corrected chi connectivity index (χ3v) is 2.89. The zero-order valence-electron chi connectivity index (χ0n) is 15.3. The average molecular weight is 330 g/mol. The molecule has 3 nitrogen and oxygen atoms in total. The van der Waals surface area contributed by atoms with E-state index in [9.17, 15) is 4.79 Å². The molecule has 3 heteroatoms. The number of hydrogen-bond donors (Lipinski definition) is 0. The molecule has 0 aliphatic rings. The van der Waals surface area contributed by atoms with Crippen LogP contribution in [0.1, 0.15) is 43.6 Å². The van der Waals surface area contributed by atoms with Gasteiger partial charge in [-0.1, -0.05) is 60.7 Å². The molecule has 0 spiro atoms. The fourth-order valence-corrected chi connectivity index (χ4v) is 1.75. The molecule has 0 aliphatic heterocycles. The van der Waals surface area contributed by atoms with Crippen LogP contribution in [0.25, 0.3) is 0 Å². The third-order valence-electron chi connectivity index (χ3n) is 2.89. The number of ether oxygens (including phenoxy) is 2. The highest BCUT2D eigenvalue weighted by Crippen LogP contribution is 2.08. The van der Waals surface area contributed by atoms with E-state index in [4.69, 9.17) is 9.47 Å². The van der Waals surface area contributed by atoms with Crippen molar-refractivity contribution in [1.82, 2.24) is 0 Å². The third kappa shape index (κ3) is 10.7. The minimum atomic E-state index is 0.0752. The fraction of sp³-hybridized carbons (Fsp3) is 0.381. The van der Waals surface area contributed by atoms with E-state index in [1.807, 2.05) is 88.4 Å². The first-order valence-electron chi connectivity index (χ1n) is 8.51. The van der Waals surface area contributed by atoms with Gasteiger partial charge in [-0.3, -0.25) is 4.79 Å². The van der Waals surface area contributed by atoms with Crippen LogP contribution >= 0.6 is 0 Å². The van der Waals surface area contributed by atoms with Crippen LogP contribution in [0.5, 0.6) is 0 Å². The van der Waals surface area contributed by atoms with E-state index < -0.39 is 0 Å². The van der Waals surface area contributed by atoms with Crippen LogP contribution in [0, 0.1) is 0 Å². The van der Waals surface area contributed by atoms with E-state index >= 15 is 0 Å². The van der Waals surface area contributed by atoms with Gasteiger partial charge >= 0.3 is 0 Å². The van der Waals surface area contributed by atoms with E-state index in [2.05, 4.69) is 0 Å². The van der Waals surface area contributed by atoms with Gasteiger partial charge in [-0.15, -0.1) is 0 Å². The van der Waals surface area contributed by atoms with Crippen molar-refractivity contribution < 1.29 is 14.3 Å². The Hall–Kier alpha value is -1.97. The monoisotopic (exact) mass is 330 g/mol. The highest BCUT2D eigenvalue weighted by Gasteiger charge is 2.06. The molecular weight excluding hydrogens is 300 g/mol. The zero-order valence-corrected chi connectivity index (χ0v) is 15.3. The van der Waals surface area contributed by atoms with Gasteiger partial charge in [-0.05, 0) is 27.7 Å². The summed E-state index contributed by atoms with van der Waals surface area (Å²) in [5.74, 6) is 0.0752. The lowest BCUT2D eigenvalue weighted by Crippen LogP contribution is -1.99. The van der Waals surface area contributed by atoms with Gasteiger partial charge in [0.2, 0.25) is 0 Å². The molecule has 0 N–H and O–H groups in total. The van der Waals surface area contributed by atoms with Gasteiger partial charge in [0, 0.05) is 37.6 Å². The minimum Gasteiger partial charge on any atom is -0.382 e. The van der Waals surface area contributed by atoms with E-state index in [-0.39, 0.29) is 5.78 Å². The molecule has 0 aliphatic carbocycles. The molecule has 132 valence electrons. The summed E-state index contributed by atoms with van der Waals surface area (Å²) in [4.78, 5) is 11.8. The molecule has 0 fully saturated rings. The van der Waals surface area contributed by atoms with Crippen molar-refractivity contribution in [2.75, 3.05) is 26.4 Å². The summed E-state index contributed by atoms with van der Waals surface area (Å²) in [7, 11) is 0. The van der Waals surface area contributed by atoms with E-state index in [0.29, 0.717) is 0 Å². The molecule has 0 saturated carbocycles. The van der Waals surface area contributed by atoms with Gasteiger partial charge in [0.15, 0.2) is 5.78 Å². The van der Waals surface area contributed by atoms with E-state index in [1.54, 1.807) is 0 Å². The normalized spacial score (nSPS) is 9.17. The summed E-state index contributed by atoms with van der Waals surface area (Å²) in [6.07, 6.45) is 0. The summed E-state index contributed by atoms with van der Waals surface area (Å²) < 4.78 is 9.67. The number of benzene rings is 2. The largest absolute Gasteiger partial charge is 0.382 e. The molecule has 0 saturated heterocycles. The molecule has 0 amide bonds. The smallest absolute Gasteiger partial charge is 0.193 e. The SMILES string of the molecule is CCOCC.CCOCC.O=C(c1ccccc1)c1ccccc1. The van der Waals surface area contributed by atoms with Crippen LogP contribution in [0.2, 0.25) is 0 Å². The van der Waals surface area contributed by atoms with Crippen LogP contribution in [-0.4, -0.2) is 32.2 Å². The molecule has 0 radical (unpaired) electrons. The number of hydrogen-bond acceptors (Lipinski definition) is 3. The molecule has 2 aromatic rings. The van der Waals surface area contributed by atoms with Crippen LogP contribution in [-0.2, 0) is 9.47 Å². The van der Waals surface area contributed by atoms with Crippen molar-refractivity contribution in [1.29, 1.82) is 0 Å². The summed E-state index contributed by atoms with van der Waals surface area (Å²) in [5.41, 5.74) is 1.47. The molecule has 0 aromatic heterocycles. The molecule has 24 heavy (non-hydrogen) atoms. The molecule has 0 atom stereocenters. The minimum absolute atomic E-state index is 0.0752. The van der Waals surface area contributed by atoms with Gasteiger partial charge in [0.25, 0.3) is 0 Å². The fourth-order valence-electron chi connectivity index (χ4n) is 1.75. The lowest BCUT2D eigenvalue weighted by atomic mass is 10.0. The van der Waals surface area contributed by atoms with Crippen molar-refractivity contribution in [3.63, 3.8) is 0 Å². The second kappa shape index (κ2) is 15.9. The van der Waals surface area contributed by atoms with E-state index in [0.717, 1.165) is 37.6 Å². The number of rotatable bonds is 6. The molecule has 0 unspecified atom stereocenters. The Kier molecular flexibility index (Phi) is 14.6. The van der Waals surface area contributed by atoms with Gasteiger partial charge in [0.05, 0.1) is 0 Å². The van der Waals surface area contributed by atoms with Crippen molar-refractivity contribution in [2.24, 2.45) is 0 Å². The topological polar surface area (TPSA) is 35.5 Å². The van der Waals surface area contributed by atoms with Gasteiger partial charge < -0.3 is 9.47 Å². The van der Waals surface area contributed by atoms with Crippen LogP contribution in [0.4, 0.5) is 0 Å². The highest BCUT2D eigenvalue weighted by atomic mass is 16.5. The summed E-state index contributed by atoms with van der Waals surface area (Å²) in [5, 5.41) is 0. The number of ketones is 1. The van der Waals surface area contributed by atoms with Crippen molar-refractivity contribution >= 4 is 5.78 Å². The lowest BCUT2D eigenvalue weighted by Gasteiger charge is -1.99. The van der Waals surface area contributed by atoms with Crippen molar-refractivity contribution in [2.45, 2.75) is 27.7 Å². The molecular formula is C21H30O3. The quantitative estimate of drug-likeness (QED) is 0.699. The molecule has 0 bridgehead atoms. The Morgan fingerprint density at radius 2 is 0.917 bits per heavy atom. The predicted octanol–water partition coefficient (Wildman–Crippen LogP) is 5.00. The van der Waals surface area contributed by atoms with E-state index in [1.165, 1.54) is 0 Å². The first-order valence-corrected chi connectivity index (χ1v) is 8.51. The Morgan fingerprint density at radius 1 is 0.625 bits per heavy atom. The predicted molar refractivity (Wildman–Crippen MR) is 101 cm³/mol. The van der Waals surface area contributed by atoms with Gasteiger partial charge in [-0.25, -0.2) is 0 Å². The van der Waals surface area contributed by atoms with Crippen molar-refractivity contribution in [3.8, 4) is 0 Å². The Bertz CT molecular complexity index is 458. The second-order valence-corrected chi connectivity index (χ2v) is 4.62. The van der Waals surface area contributed by atoms with Crippen LogP contribution < -0.4 is 0 Å². The molecule has 2 rings (SSSR count). The Labute approximate surface area is 146 Å². The number of carbonyl (C=O) groups is 1. The molecule has 2 aromatic carbocycles. The first kappa shape index (κ1) is 22.0. The van der Waals surface area contributed by atoms with Crippen LogP contribution in [0.3, 0.4) is 0 Å². The van der Waals surface area contributed by atoms with Gasteiger partial charge in [0.1, 0.15) is 0 Å². The zero-order chi connectivity index (χ0) is 18.0.